The van der Waals surface area contributed by atoms with Crippen molar-refractivity contribution >= 4 is 11.9 Å². The minimum Gasteiger partial charge on any atom is -0.453 e. The SMILES string of the molecule is C=C/C=C(\C=C)c1ccc(C=O)o1.CC. The molecule has 15 heavy (non-hydrogen) atoms. The summed E-state index contributed by atoms with van der Waals surface area (Å²) >= 11 is 0. The Kier molecular flexibility index (Phi) is 6.64. The second-order valence-electron chi connectivity index (χ2n) is 2.38. The Morgan fingerprint density at radius 2 is 2.00 bits per heavy atom. The highest BCUT2D eigenvalue weighted by atomic mass is 16.3. The van der Waals surface area contributed by atoms with Gasteiger partial charge in [-0.2, -0.15) is 0 Å². The van der Waals surface area contributed by atoms with Crippen molar-refractivity contribution in [3.8, 4) is 0 Å². The number of furan rings is 1. The lowest BCUT2D eigenvalue weighted by molar-refractivity contribution is 0.110. The first-order valence-corrected chi connectivity index (χ1v) is 4.82. The first-order chi connectivity index (χ1) is 7.31. The zero-order chi connectivity index (χ0) is 11.7. The van der Waals surface area contributed by atoms with Crippen molar-refractivity contribution in [2.75, 3.05) is 0 Å². The Labute approximate surface area is 90.6 Å². The minimum absolute atomic E-state index is 0.312. The Morgan fingerprint density at radius 3 is 2.40 bits per heavy atom. The van der Waals surface area contributed by atoms with E-state index >= 15 is 0 Å². The highest BCUT2D eigenvalue weighted by Crippen LogP contribution is 2.17. The summed E-state index contributed by atoms with van der Waals surface area (Å²) in [5, 5.41) is 0. The summed E-state index contributed by atoms with van der Waals surface area (Å²) in [5.41, 5.74) is 0.808. The Hall–Kier alpha value is -1.83. The molecule has 0 aliphatic carbocycles. The van der Waals surface area contributed by atoms with E-state index in [1.807, 2.05) is 13.8 Å². The van der Waals surface area contributed by atoms with Gasteiger partial charge in [-0.05, 0) is 12.1 Å². The van der Waals surface area contributed by atoms with Gasteiger partial charge in [0.15, 0.2) is 12.0 Å². The Balaban J connectivity index is 0.000000921. The summed E-state index contributed by atoms with van der Waals surface area (Å²) in [7, 11) is 0. The normalized spacial score (nSPS) is 9.87. The molecule has 0 aliphatic rings. The molecule has 0 fully saturated rings. The van der Waals surface area contributed by atoms with Crippen LogP contribution in [-0.4, -0.2) is 6.29 Å². The highest BCUT2D eigenvalue weighted by molar-refractivity contribution is 5.75. The van der Waals surface area contributed by atoms with Crippen LogP contribution in [0.3, 0.4) is 0 Å². The molecule has 0 spiro atoms. The van der Waals surface area contributed by atoms with Crippen molar-refractivity contribution in [2.24, 2.45) is 0 Å². The summed E-state index contributed by atoms with van der Waals surface area (Å²) in [6.07, 6.45) is 5.72. The number of aldehydes is 1. The second-order valence-corrected chi connectivity index (χ2v) is 2.38. The fourth-order valence-electron chi connectivity index (χ4n) is 0.949. The van der Waals surface area contributed by atoms with Crippen molar-refractivity contribution in [3.63, 3.8) is 0 Å². The van der Waals surface area contributed by atoms with E-state index in [0.717, 1.165) is 5.57 Å². The number of allylic oxidation sites excluding steroid dienone is 4. The van der Waals surface area contributed by atoms with Gasteiger partial charge in [0.1, 0.15) is 5.76 Å². The van der Waals surface area contributed by atoms with Gasteiger partial charge in [-0.15, -0.1) is 0 Å². The van der Waals surface area contributed by atoms with Crippen molar-refractivity contribution in [1.29, 1.82) is 0 Å². The van der Waals surface area contributed by atoms with E-state index in [0.29, 0.717) is 17.8 Å². The van der Waals surface area contributed by atoms with Crippen LogP contribution in [0.15, 0.2) is 47.9 Å². The van der Waals surface area contributed by atoms with Crippen molar-refractivity contribution in [2.45, 2.75) is 13.8 Å². The zero-order valence-electron chi connectivity index (χ0n) is 9.19. The molecule has 2 nitrogen and oxygen atoms in total. The van der Waals surface area contributed by atoms with Gasteiger partial charge in [-0.1, -0.05) is 45.2 Å². The third kappa shape index (κ3) is 3.81. The van der Waals surface area contributed by atoms with Crippen LogP contribution in [-0.2, 0) is 0 Å². The predicted octanol–water partition coefficient (Wildman–Crippen LogP) is 3.87. The molecule has 0 aromatic carbocycles. The number of rotatable bonds is 4. The lowest BCUT2D eigenvalue weighted by atomic mass is 10.2. The maximum Gasteiger partial charge on any atom is 0.185 e. The smallest absolute Gasteiger partial charge is 0.185 e. The van der Waals surface area contributed by atoms with E-state index in [-0.39, 0.29) is 0 Å². The third-order valence-electron chi connectivity index (χ3n) is 1.54. The average molecular weight is 204 g/mol. The van der Waals surface area contributed by atoms with Crippen LogP contribution in [0.1, 0.15) is 30.2 Å². The van der Waals surface area contributed by atoms with Crippen LogP contribution in [0.5, 0.6) is 0 Å². The van der Waals surface area contributed by atoms with Gasteiger partial charge in [0.25, 0.3) is 0 Å². The Bertz CT molecular complexity index is 356. The molecule has 2 heteroatoms. The van der Waals surface area contributed by atoms with Gasteiger partial charge >= 0.3 is 0 Å². The van der Waals surface area contributed by atoms with Gasteiger partial charge in [0.05, 0.1) is 0 Å². The molecule has 1 heterocycles. The van der Waals surface area contributed by atoms with Crippen LogP contribution < -0.4 is 0 Å². The number of hydrogen-bond acceptors (Lipinski definition) is 2. The topological polar surface area (TPSA) is 30.2 Å². The second kappa shape index (κ2) is 7.56. The molecule has 0 atom stereocenters. The summed E-state index contributed by atoms with van der Waals surface area (Å²) in [6, 6.07) is 3.34. The van der Waals surface area contributed by atoms with Gasteiger partial charge in [-0.25, -0.2) is 0 Å². The lowest BCUT2D eigenvalue weighted by Gasteiger charge is -1.93. The van der Waals surface area contributed by atoms with Gasteiger partial charge < -0.3 is 4.42 Å². The molecule has 0 N–H and O–H groups in total. The molecule has 0 bridgehead atoms. The first kappa shape index (κ1) is 13.2. The molecule has 1 aromatic rings. The van der Waals surface area contributed by atoms with Crippen molar-refractivity contribution in [1.82, 2.24) is 0 Å². The highest BCUT2D eigenvalue weighted by Gasteiger charge is 2.02. The molecule has 0 saturated carbocycles. The largest absolute Gasteiger partial charge is 0.453 e. The molecule has 0 radical (unpaired) electrons. The maximum atomic E-state index is 10.3. The fourth-order valence-corrected chi connectivity index (χ4v) is 0.949. The van der Waals surface area contributed by atoms with Crippen LogP contribution >= 0.6 is 0 Å². The van der Waals surface area contributed by atoms with Gasteiger partial charge in [0.2, 0.25) is 0 Å². The molecule has 1 rings (SSSR count). The summed E-state index contributed by atoms with van der Waals surface area (Å²) in [4.78, 5) is 10.3. The lowest BCUT2D eigenvalue weighted by Crippen LogP contribution is -1.74. The standard InChI is InChI=1S/C11H10O2.C2H6/c1-3-5-9(4-2)11-7-6-10(8-12)13-11;1-2/h3-8H,1-2H2;1-2H3/b9-5+;. The van der Waals surface area contributed by atoms with E-state index < -0.39 is 0 Å². The van der Waals surface area contributed by atoms with Crippen LogP contribution in [0.4, 0.5) is 0 Å². The number of carbonyl (C=O) groups excluding carboxylic acids is 1. The van der Waals surface area contributed by atoms with E-state index in [2.05, 4.69) is 13.2 Å². The number of hydrogen-bond donors (Lipinski definition) is 0. The fraction of sp³-hybridized carbons (Fsp3) is 0.154. The predicted molar refractivity (Wildman–Crippen MR) is 63.8 cm³/mol. The van der Waals surface area contributed by atoms with Crippen LogP contribution in [0.2, 0.25) is 0 Å². The van der Waals surface area contributed by atoms with Gasteiger partial charge in [-0.3, -0.25) is 4.79 Å². The first-order valence-electron chi connectivity index (χ1n) is 4.82. The molecule has 0 saturated heterocycles. The van der Waals surface area contributed by atoms with Crippen molar-refractivity contribution < 1.29 is 9.21 Å². The molecule has 80 valence electrons. The van der Waals surface area contributed by atoms with Crippen molar-refractivity contribution in [3.05, 3.63) is 55.0 Å². The van der Waals surface area contributed by atoms with Crippen LogP contribution in [0, 0.1) is 0 Å². The Morgan fingerprint density at radius 1 is 1.33 bits per heavy atom. The van der Waals surface area contributed by atoms with E-state index in [1.165, 1.54) is 0 Å². The molecule has 0 unspecified atom stereocenters. The number of carbonyl (C=O) groups is 1. The molecular formula is C13H16O2. The van der Waals surface area contributed by atoms with E-state index in [4.69, 9.17) is 4.42 Å². The minimum atomic E-state index is 0.312. The monoisotopic (exact) mass is 204 g/mol. The maximum absolute atomic E-state index is 10.3. The molecule has 0 amide bonds. The van der Waals surface area contributed by atoms with Gasteiger partial charge in [0, 0.05) is 5.57 Å². The summed E-state index contributed by atoms with van der Waals surface area (Å²) < 4.78 is 5.18. The van der Waals surface area contributed by atoms with E-state index in [9.17, 15) is 4.79 Å². The zero-order valence-corrected chi connectivity index (χ0v) is 9.19. The van der Waals surface area contributed by atoms with Crippen LogP contribution in [0.25, 0.3) is 5.57 Å². The average Bonchev–Trinajstić information content (AvgIpc) is 2.77. The quantitative estimate of drug-likeness (QED) is 0.550. The summed E-state index contributed by atoms with van der Waals surface area (Å²) in [6.45, 7) is 11.2. The summed E-state index contributed by atoms with van der Waals surface area (Å²) in [5.74, 6) is 0.934. The molecular weight excluding hydrogens is 188 g/mol. The molecule has 0 aliphatic heterocycles. The van der Waals surface area contributed by atoms with E-state index in [1.54, 1.807) is 30.4 Å². The third-order valence-corrected chi connectivity index (χ3v) is 1.54. The molecule has 1 aromatic heterocycles.